The van der Waals surface area contributed by atoms with Crippen LogP contribution in [-0.4, -0.2) is 33.0 Å². The van der Waals surface area contributed by atoms with Crippen LogP contribution in [0.15, 0.2) is 23.1 Å². The minimum absolute atomic E-state index is 0.0858. The monoisotopic (exact) mass is 311 g/mol. The SMILES string of the molecule is CC(C)(C(=O)NCCCC(=O)O)n1cc([N+](=O)[O-])ccc1=O. The third kappa shape index (κ3) is 4.14. The highest BCUT2D eigenvalue weighted by molar-refractivity contribution is 5.83. The van der Waals surface area contributed by atoms with E-state index >= 15 is 0 Å². The van der Waals surface area contributed by atoms with E-state index in [4.69, 9.17) is 5.11 Å². The standard InChI is InChI=1S/C13H17N3O6/c1-13(2,12(20)14-7-3-4-11(18)19)15-8-9(16(21)22)5-6-10(15)17/h5-6,8H,3-4,7H2,1-2H3,(H,14,20)(H,18,19). The highest BCUT2D eigenvalue weighted by atomic mass is 16.6. The normalized spacial score (nSPS) is 11.0. The molecule has 2 N–H and O–H groups in total. The zero-order valence-electron chi connectivity index (χ0n) is 12.2. The molecule has 0 aromatic carbocycles. The van der Waals surface area contributed by atoms with Gasteiger partial charge in [-0.2, -0.15) is 0 Å². The number of rotatable bonds is 7. The molecule has 0 atom stereocenters. The molecule has 1 rings (SSSR count). The maximum absolute atomic E-state index is 12.2. The van der Waals surface area contributed by atoms with Crippen molar-refractivity contribution in [3.05, 3.63) is 38.8 Å². The molecule has 0 radical (unpaired) electrons. The fourth-order valence-corrected chi connectivity index (χ4v) is 1.79. The number of carboxylic acids is 1. The van der Waals surface area contributed by atoms with E-state index < -0.39 is 27.9 Å². The van der Waals surface area contributed by atoms with Crippen LogP contribution >= 0.6 is 0 Å². The maximum Gasteiger partial charge on any atom is 0.303 e. The van der Waals surface area contributed by atoms with Gasteiger partial charge in [-0.3, -0.25) is 29.1 Å². The number of hydrogen-bond donors (Lipinski definition) is 2. The molecule has 1 aromatic rings. The van der Waals surface area contributed by atoms with Crippen molar-refractivity contribution in [2.75, 3.05) is 6.54 Å². The van der Waals surface area contributed by atoms with Crippen LogP contribution in [0, 0.1) is 10.1 Å². The van der Waals surface area contributed by atoms with Crippen LogP contribution in [0.3, 0.4) is 0 Å². The summed E-state index contributed by atoms with van der Waals surface area (Å²) < 4.78 is 0.984. The van der Waals surface area contributed by atoms with E-state index in [0.717, 1.165) is 22.9 Å². The van der Waals surface area contributed by atoms with Crippen molar-refractivity contribution in [2.24, 2.45) is 0 Å². The van der Waals surface area contributed by atoms with E-state index in [-0.39, 0.29) is 25.1 Å². The Morgan fingerprint density at radius 2 is 2.05 bits per heavy atom. The molecule has 0 unspecified atom stereocenters. The van der Waals surface area contributed by atoms with Crippen molar-refractivity contribution in [2.45, 2.75) is 32.2 Å². The summed E-state index contributed by atoms with van der Waals surface area (Å²) in [5, 5.41) is 21.8. The molecule has 9 heteroatoms. The van der Waals surface area contributed by atoms with Gasteiger partial charge < -0.3 is 10.4 Å². The third-order valence-corrected chi connectivity index (χ3v) is 3.12. The summed E-state index contributed by atoms with van der Waals surface area (Å²) in [6.07, 6.45) is 1.18. The lowest BCUT2D eigenvalue weighted by Gasteiger charge is -2.26. The lowest BCUT2D eigenvalue weighted by atomic mass is 10.0. The Balaban J connectivity index is 2.91. The van der Waals surface area contributed by atoms with Gasteiger partial charge in [0.1, 0.15) is 5.54 Å². The van der Waals surface area contributed by atoms with Gasteiger partial charge in [-0.25, -0.2) is 0 Å². The van der Waals surface area contributed by atoms with E-state index in [1.165, 1.54) is 13.8 Å². The Morgan fingerprint density at radius 1 is 1.41 bits per heavy atom. The van der Waals surface area contributed by atoms with Crippen LogP contribution in [0.5, 0.6) is 0 Å². The largest absolute Gasteiger partial charge is 0.481 e. The minimum atomic E-state index is -1.34. The Morgan fingerprint density at radius 3 is 2.59 bits per heavy atom. The molecule has 1 aromatic heterocycles. The van der Waals surface area contributed by atoms with E-state index in [2.05, 4.69) is 5.32 Å². The van der Waals surface area contributed by atoms with E-state index in [9.17, 15) is 24.5 Å². The van der Waals surface area contributed by atoms with Gasteiger partial charge in [-0.05, 0) is 20.3 Å². The predicted molar refractivity (Wildman–Crippen MR) is 76.6 cm³/mol. The Labute approximate surface area is 125 Å². The number of nitro groups is 1. The summed E-state index contributed by atoms with van der Waals surface area (Å²) in [4.78, 5) is 44.5. The number of amides is 1. The molecular weight excluding hydrogens is 294 g/mol. The van der Waals surface area contributed by atoms with Crippen LogP contribution in [0.4, 0.5) is 5.69 Å². The van der Waals surface area contributed by atoms with Gasteiger partial charge in [0.2, 0.25) is 5.91 Å². The number of carbonyl (C=O) groups is 2. The van der Waals surface area contributed by atoms with E-state index in [0.29, 0.717) is 0 Å². The molecule has 0 aliphatic rings. The van der Waals surface area contributed by atoms with Crippen LogP contribution in [0.25, 0.3) is 0 Å². The molecule has 0 saturated heterocycles. The Kier molecular flexibility index (Phi) is 5.39. The summed E-state index contributed by atoms with van der Waals surface area (Å²) >= 11 is 0. The summed E-state index contributed by atoms with van der Waals surface area (Å²) in [6, 6.07) is 2.09. The van der Waals surface area contributed by atoms with Crippen LogP contribution in [0.2, 0.25) is 0 Å². The second-order valence-corrected chi connectivity index (χ2v) is 5.16. The van der Waals surface area contributed by atoms with Crippen LogP contribution in [0.1, 0.15) is 26.7 Å². The van der Waals surface area contributed by atoms with Gasteiger partial charge in [-0.1, -0.05) is 0 Å². The molecule has 9 nitrogen and oxygen atoms in total. The molecular formula is C13H17N3O6. The fraction of sp³-hybridized carbons (Fsp3) is 0.462. The number of hydrogen-bond acceptors (Lipinski definition) is 5. The molecule has 0 bridgehead atoms. The summed E-state index contributed by atoms with van der Waals surface area (Å²) in [5.41, 5.74) is -2.19. The van der Waals surface area contributed by atoms with Crippen molar-refractivity contribution < 1.29 is 19.6 Å². The van der Waals surface area contributed by atoms with Gasteiger partial charge >= 0.3 is 5.97 Å². The first-order valence-electron chi connectivity index (χ1n) is 6.54. The van der Waals surface area contributed by atoms with Crippen molar-refractivity contribution in [3.8, 4) is 0 Å². The van der Waals surface area contributed by atoms with Crippen molar-refractivity contribution in [1.82, 2.24) is 9.88 Å². The molecule has 0 spiro atoms. The van der Waals surface area contributed by atoms with Crippen molar-refractivity contribution in [3.63, 3.8) is 0 Å². The smallest absolute Gasteiger partial charge is 0.303 e. The topological polar surface area (TPSA) is 132 Å². The molecule has 0 aliphatic heterocycles. The molecule has 1 heterocycles. The number of carboxylic acid groups (broad SMARTS) is 1. The first-order valence-corrected chi connectivity index (χ1v) is 6.54. The molecule has 0 fully saturated rings. The Bertz CT molecular complexity index is 649. The van der Waals surface area contributed by atoms with Crippen LogP contribution < -0.4 is 10.9 Å². The molecule has 1 amide bonds. The van der Waals surface area contributed by atoms with Crippen molar-refractivity contribution in [1.29, 1.82) is 0 Å². The zero-order chi connectivity index (χ0) is 16.9. The zero-order valence-corrected chi connectivity index (χ0v) is 12.2. The summed E-state index contributed by atoms with van der Waals surface area (Å²) in [6.45, 7) is 3.04. The second kappa shape index (κ2) is 6.83. The van der Waals surface area contributed by atoms with Gasteiger partial charge in [-0.15, -0.1) is 0 Å². The number of pyridine rings is 1. The summed E-state index contributed by atoms with van der Waals surface area (Å²) in [7, 11) is 0. The van der Waals surface area contributed by atoms with Crippen molar-refractivity contribution >= 4 is 17.6 Å². The lowest BCUT2D eigenvalue weighted by Crippen LogP contribution is -2.48. The number of aromatic nitrogens is 1. The highest BCUT2D eigenvalue weighted by Crippen LogP contribution is 2.16. The number of nitrogens with one attached hydrogen (secondary N) is 1. The highest BCUT2D eigenvalue weighted by Gasteiger charge is 2.31. The van der Waals surface area contributed by atoms with Gasteiger partial charge in [0.05, 0.1) is 11.1 Å². The molecule has 120 valence electrons. The number of nitrogens with zero attached hydrogens (tertiary/aromatic N) is 2. The second-order valence-electron chi connectivity index (χ2n) is 5.16. The lowest BCUT2D eigenvalue weighted by molar-refractivity contribution is -0.385. The number of carbonyl (C=O) groups excluding carboxylic acids is 1. The first kappa shape index (κ1) is 17.3. The Hall–Kier alpha value is -2.71. The number of aliphatic carboxylic acids is 1. The molecule has 0 aliphatic carbocycles. The minimum Gasteiger partial charge on any atom is -0.481 e. The van der Waals surface area contributed by atoms with Crippen LogP contribution in [-0.2, 0) is 15.1 Å². The first-order chi connectivity index (χ1) is 10.2. The van der Waals surface area contributed by atoms with E-state index in [1.54, 1.807) is 0 Å². The van der Waals surface area contributed by atoms with Gasteiger partial charge in [0.15, 0.2) is 0 Å². The average Bonchev–Trinajstić information content (AvgIpc) is 2.42. The maximum atomic E-state index is 12.2. The predicted octanol–water partition coefficient (Wildman–Crippen LogP) is 0.473. The fourth-order valence-electron chi connectivity index (χ4n) is 1.79. The quantitative estimate of drug-likeness (QED) is 0.427. The van der Waals surface area contributed by atoms with E-state index in [1.807, 2.05) is 0 Å². The molecule has 0 saturated carbocycles. The molecule has 22 heavy (non-hydrogen) atoms. The third-order valence-electron chi connectivity index (χ3n) is 3.12. The summed E-state index contributed by atoms with van der Waals surface area (Å²) in [5.74, 6) is -1.50. The van der Waals surface area contributed by atoms with Gasteiger partial charge in [0.25, 0.3) is 11.2 Å². The van der Waals surface area contributed by atoms with Gasteiger partial charge in [0, 0.05) is 25.1 Å². The average molecular weight is 311 g/mol.